The lowest BCUT2D eigenvalue weighted by atomic mass is 9.90. The number of nitrogens with zero attached hydrogens (tertiary/aromatic N) is 6. The zero-order valence-corrected chi connectivity index (χ0v) is 24.3. The third-order valence-electron chi connectivity index (χ3n) is 9.29. The number of fused-ring (bicyclic) bond motifs is 3. The fourth-order valence-corrected chi connectivity index (χ4v) is 7.62. The van der Waals surface area contributed by atoms with Crippen LogP contribution in [-0.4, -0.2) is 99.6 Å². The van der Waals surface area contributed by atoms with Crippen LogP contribution < -0.4 is 14.4 Å². The number of aromatic nitrogens is 3. The first-order chi connectivity index (χ1) is 19.5. The molecule has 5 fully saturated rings. The molecule has 1 amide bonds. The van der Waals surface area contributed by atoms with Crippen LogP contribution in [-0.2, 0) is 4.74 Å². The van der Waals surface area contributed by atoms with E-state index in [1.165, 1.54) is 0 Å². The molecular formula is C28H35ClF2N6O4. The summed E-state index contributed by atoms with van der Waals surface area (Å²) < 4.78 is 47.9. The van der Waals surface area contributed by atoms with Gasteiger partial charge in [0.25, 0.3) is 0 Å². The number of rotatable bonds is 3. The van der Waals surface area contributed by atoms with E-state index in [-0.39, 0.29) is 59.9 Å². The molecule has 8 rings (SSSR count). The van der Waals surface area contributed by atoms with Gasteiger partial charge in [-0.1, -0.05) is 11.6 Å². The van der Waals surface area contributed by atoms with Crippen molar-refractivity contribution in [1.82, 2.24) is 24.8 Å². The monoisotopic (exact) mass is 592 g/mol. The highest BCUT2D eigenvalue weighted by Gasteiger charge is 2.50. The van der Waals surface area contributed by atoms with Crippen molar-refractivity contribution in [3.05, 3.63) is 11.0 Å². The number of piperidine rings is 1. The zero-order chi connectivity index (χ0) is 28.7. The van der Waals surface area contributed by atoms with E-state index in [1.54, 1.807) is 0 Å². The van der Waals surface area contributed by atoms with Gasteiger partial charge >= 0.3 is 12.1 Å². The maximum atomic E-state index is 15.5. The summed E-state index contributed by atoms with van der Waals surface area (Å²) in [6, 6.07) is -0.275. The quantitative estimate of drug-likeness (QED) is 0.482. The number of pyridine rings is 1. The summed E-state index contributed by atoms with van der Waals surface area (Å²) in [5, 5.41) is -0.00773. The van der Waals surface area contributed by atoms with Crippen LogP contribution in [0.15, 0.2) is 0 Å². The van der Waals surface area contributed by atoms with Gasteiger partial charge in [-0.25, -0.2) is 13.6 Å². The number of halogens is 3. The van der Waals surface area contributed by atoms with Gasteiger partial charge in [-0.05, 0) is 53.0 Å². The fourth-order valence-electron chi connectivity index (χ4n) is 7.46. The van der Waals surface area contributed by atoms with Crippen molar-refractivity contribution >= 4 is 34.4 Å². The second kappa shape index (κ2) is 9.65. The van der Waals surface area contributed by atoms with Crippen LogP contribution in [0.2, 0.25) is 5.15 Å². The van der Waals surface area contributed by atoms with Gasteiger partial charge in [0.2, 0.25) is 5.88 Å². The summed E-state index contributed by atoms with van der Waals surface area (Å²) >= 11 is 6.18. The van der Waals surface area contributed by atoms with E-state index < -0.39 is 23.1 Å². The summed E-state index contributed by atoms with van der Waals surface area (Å²) in [5.74, 6) is -0.0859. The van der Waals surface area contributed by atoms with Crippen LogP contribution in [0.25, 0.3) is 10.9 Å². The van der Waals surface area contributed by atoms with Gasteiger partial charge < -0.3 is 24.0 Å². The predicted octanol–water partition coefficient (Wildman–Crippen LogP) is 4.37. The number of carbonyl (C=O) groups is 1. The molecule has 5 saturated heterocycles. The van der Waals surface area contributed by atoms with E-state index in [9.17, 15) is 9.18 Å². The van der Waals surface area contributed by atoms with Gasteiger partial charge in [0.15, 0.2) is 11.0 Å². The molecule has 0 aromatic carbocycles. The van der Waals surface area contributed by atoms with Crippen molar-refractivity contribution in [2.24, 2.45) is 5.92 Å². The number of carbonyl (C=O) groups excluding carboxylic acids is 1. The standard InChI is InChI=1S/C28H35ClF2N6O4/c1-27(2,3)41-26(38)36-10-15-5-6-17(36)12-37-18(15)13-39-24-19-21(20(31)22(29)33-24)32-25(34-23(19)37)40-14-28-7-4-8-35(28)11-16(30)9-28/h15-18H,4-14H2,1-3H3/t15-,16-,17-,18-,28+/m1/s1. The molecule has 0 N–H and O–H groups in total. The van der Waals surface area contributed by atoms with Crippen molar-refractivity contribution < 1.29 is 27.8 Å². The van der Waals surface area contributed by atoms with Gasteiger partial charge in [0.05, 0.1) is 17.6 Å². The fraction of sp³-hybridized carbons (Fsp3) is 0.714. The number of ether oxygens (including phenoxy) is 3. The van der Waals surface area contributed by atoms with E-state index in [0.29, 0.717) is 37.3 Å². The lowest BCUT2D eigenvalue weighted by Gasteiger charge is -2.37. The van der Waals surface area contributed by atoms with Gasteiger partial charge in [-0.15, -0.1) is 0 Å². The molecule has 6 aliphatic heterocycles. The van der Waals surface area contributed by atoms with E-state index in [0.717, 1.165) is 32.2 Å². The summed E-state index contributed by atoms with van der Waals surface area (Å²) in [7, 11) is 0. The maximum absolute atomic E-state index is 15.5. The van der Waals surface area contributed by atoms with Gasteiger partial charge in [-0.2, -0.15) is 15.0 Å². The topological polar surface area (TPSA) is 93.2 Å². The van der Waals surface area contributed by atoms with Crippen molar-refractivity contribution in [3.63, 3.8) is 0 Å². The average Bonchev–Trinajstić information content (AvgIpc) is 3.24. The Balaban J connectivity index is 1.27. The second-order valence-corrected chi connectivity index (χ2v) is 13.5. The molecular weight excluding hydrogens is 558 g/mol. The Morgan fingerprint density at radius 1 is 1.20 bits per heavy atom. The third kappa shape index (κ3) is 4.61. The Hall–Kier alpha value is -2.73. The molecule has 8 heterocycles. The summed E-state index contributed by atoms with van der Waals surface area (Å²) in [6.45, 7) is 8.25. The predicted molar refractivity (Wildman–Crippen MR) is 147 cm³/mol. The van der Waals surface area contributed by atoms with Gasteiger partial charge in [0.1, 0.15) is 41.7 Å². The highest BCUT2D eigenvalue weighted by atomic mass is 35.5. The van der Waals surface area contributed by atoms with E-state index >= 15 is 4.39 Å². The number of amides is 1. The molecule has 0 aliphatic carbocycles. The van der Waals surface area contributed by atoms with Crippen LogP contribution >= 0.6 is 11.6 Å². The largest absolute Gasteiger partial charge is 0.475 e. The summed E-state index contributed by atoms with van der Waals surface area (Å²) in [4.78, 5) is 32.7. The molecule has 10 nitrogen and oxygen atoms in total. The molecule has 41 heavy (non-hydrogen) atoms. The molecule has 2 aromatic heterocycles. The highest BCUT2D eigenvalue weighted by molar-refractivity contribution is 6.30. The number of anilines is 1. The average molecular weight is 593 g/mol. The second-order valence-electron chi connectivity index (χ2n) is 13.1. The summed E-state index contributed by atoms with van der Waals surface area (Å²) in [6.07, 6.45) is 2.66. The SMILES string of the molecule is CC(C)(C)OC(=O)N1C[C@H]2CC[C@@H]1CN1c3nc(OC[C@@]45CCCN4C[C@H](F)C5)nc4c(F)c(Cl)nc(c34)OC[C@H]21. The molecule has 222 valence electrons. The lowest BCUT2D eigenvalue weighted by molar-refractivity contribution is 0.00643. The lowest BCUT2D eigenvalue weighted by Crippen LogP contribution is -2.49. The number of alkyl halides is 1. The van der Waals surface area contributed by atoms with Gasteiger partial charge in [0, 0.05) is 32.0 Å². The third-order valence-corrected chi connectivity index (χ3v) is 9.54. The molecule has 0 radical (unpaired) electrons. The molecule has 2 aromatic rings. The Morgan fingerprint density at radius 2 is 2.02 bits per heavy atom. The smallest absolute Gasteiger partial charge is 0.410 e. The minimum Gasteiger partial charge on any atom is -0.475 e. The van der Waals surface area contributed by atoms with Crippen molar-refractivity contribution in [2.75, 3.05) is 44.3 Å². The first kappa shape index (κ1) is 27.1. The summed E-state index contributed by atoms with van der Waals surface area (Å²) in [5.41, 5.74) is -1.05. The van der Waals surface area contributed by atoms with E-state index in [1.807, 2.05) is 25.7 Å². The molecule has 6 aliphatic rings. The maximum Gasteiger partial charge on any atom is 0.410 e. The molecule has 2 bridgehead atoms. The van der Waals surface area contributed by atoms with Crippen LogP contribution in [0.5, 0.6) is 11.9 Å². The first-order valence-electron chi connectivity index (χ1n) is 14.5. The number of hydrogen-bond acceptors (Lipinski definition) is 9. The zero-order valence-electron chi connectivity index (χ0n) is 23.5. The molecule has 0 saturated carbocycles. The molecule has 5 atom stereocenters. The highest BCUT2D eigenvalue weighted by Crippen LogP contribution is 2.45. The normalized spacial score (nSPS) is 31.0. The molecule has 13 heteroatoms. The number of hydrogen-bond donors (Lipinski definition) is 0. The van der Waals surface area contributed by atoms with E-state index in [2.05, 4.69) is 19.8 Å². The van der Waals surface area contributed by atoms with Crippen LogP contribution in [0.4, 0.5) is 19.4 Å². The van der Waals surface area contributed by atoms with Crippen molar-refractivity contribution in [3.8, 4) is 11.9 Å². The molecule has 0 spiro atoms. The van der Waals surface area contributed by atoms with Gasteiger partial charge in [-0.3, -0.25) is 4.90 Å². The minimum absolute atomic E-state index is 0.00407. The van der Waals surface area contributed by atoms with Crippen molar-refractivity contribution in [2.45, 2.75) is 82.3 Å². The Labute approximate surface area is 242 Å². The Bertz CT molecular complexity index is 1390. The first-order valence-corrected chi connectivity index (χ1v) is 14.9. The Morgan fingerprint density at radius 3 is 2.83 bits per heavy atom. The molecule has 0 unspecified atom stereocenters. The minimum atomic E-state index is -0.899. The van der Waals surface area contributed by atoms with Crippen LogP contribution in [0.1, 0.15) is 52.9 Å². The van der Waals surface area contributed by atoms with Crippen LogP contribution in [0.3, 0.4) is 0 Å². The van der Waals surface area contributed by atoms with Crippen LogP contribution in [0, 0.1) is 11.7 Å². The van der Waals surface area contributed by atoms with E-state index in [4.69, 9.17) is 30.8 Å². The van der Waals surface area contributed by atoms with Crippen molar-refractivity contribution in [1.29, 1.82) is 0 Å². The Kier molecular flexibility index (Phi) is 6.39.